The normalized spacial score (nSPS) is 12.0. The molecule has 0 aromatic heterocycles. The molecule has 3 aromatic rings. The molecule has 0 saturated carbocycles. The van der Waals surface area contributed by atoms with Gasteiger partial charge >= 0.3 is 0 Å². The third-order valence-electron chi connectivity index (χ3n) is 4.34. The summed E-state index contributed by atoms with van der Waals surface area (Å²) >= 11 is 0. The summed E-state index contributed by atoms with van der Waals surface area (Å²) < 4.78 is 18.1. The second-order valence-corrected chi connectivity index (χ2v) is 6.04. The molecule has 0 spiro atoms. The van der Waals surface area contributed by atoms with E-state index in [9.17, 15) is 9.18 Å². The molecule has 0 bridgehead atoms. The van der Waals surface area contributed by atoms with Crippen LogP contribution in [0.15, 0.2) is 60.7 Å². The van der Waals surface area contributed by atoms with Crippen molar-refractivity contribution in [1.29, 1.82) is 0 Å². The molecule has 3 aromatic carbocycles. The number of amides is 1. The first-order chi connectivity index (χ1) is 12.1. The zero-order valence-electron chi connectivity index (χ0n) is 14.3. The number of halogens is 1. The van der Waals surface area contributed by atoms with E-state index in [1.165, 1.54) is 12.1 Å². The standard InChI is InChI=1S/C21H20FNO2/c1-14(21(24)23-13-15-3-8-19(22)9-4-15)16-5-6-18-12-20(25-2)10-7-17(18)11-16/h3-12,14H,13H2,1-2H3,(H,23,24). The number of fused-ring (bicyclic) bond motifs is 1. The van der Waals surface area contributed by atoms with Gasteiger partial charge in [0.15, 0.2) is 0 Å². The molecule has 3 nitrogen and oxygen atoms in total. The predicted molar refractivity (Wildman–Crippen MR) is 97.2 cm³/mol. The fourth-order valence-electron chi connectivity index (χ4n) is 2.73. The van der Waals surface area contributed by atoms with E-state index in [0.29, 0.717) is 6.54 Å². The summed E-state index contributed by atoms with van der Waals surface area (Å²) in [6.07, 6.45) is 0. The first-order valence-electron chi connectivity index (χ1n) is 8.16. The number of ether oxygens (including phenoxy) is 1. The molecule has 0 saturated heterocycles. The van der Waals surface area contributed by atoms with Gasteiger partial charge in [0.25, 0.3) is 0 Å². The molecule has 1 unspecified atom stereocenters. The smallest absolute Gasteiger partial charge is 0.227 e. The molecule has 128 valence electrons. The molecule has 0 aliphatic rings. The largest absolute Gasteiger partial charge is 0.497 e. The molecule has 4 heteroatoms. The second-order valence-electron chi connectivity index (χ2n) is 6.04. The van der Waals surface area contributed by atoms with E-state index in [2.05, 4.69) is 5.32 Å². The van der Waals surface area contributed by atoms with Gasteiger partial charge in [-0.05, 0) is 53.1 Å². The van der Waals surface area contributed by atoms with E-state index in [1.54, 1.807) is 19.2 Å². The quantitative estimate of drug-likeness (QED) is 0.749. The Morgan fingerprint density at radius 3 is 2.44 bits per heavy atom. The van der Waals surface area contributed by atoms with Gasteiger partial charge in [-0.15, -0.1) is 0 Å². The first-order valence-corrected chi connectivity index (χ1v) is 8.16. The maximum Gasteiger partial charge on any atom is 0.227 e. The minimum absolute atomic E-state index is 0.0582. The molecule has 0 radical (unpaired) electrons. The molecule has 0 aliphatic heterocycles. The van der Waals surface area contributed by atoms with Gasteiger partial charge in [-0.1, -0.05) is 36.4 Å². The maximum atomic E-state index is 12.9. The van der Waals surface area contributed by atoms with Gasteiger partial charge in [0, 0.05) is 6.54 Å². The molecular weight excluding hydrogens is 317 g/mol. The maximum absolute atomic E-state index is 12.9. The van der Waals surface area contributed by atoms with Crippen LogP contribution in [0.5, 0.6) is 5.75 Å². The Morgan fingerprint density at radius 1 is 1.04 bits per heavy atom. The number of benzene rings is 3. The van der Waals surface area contributed by atoms with Crippen LogP contribution in [0.4, 0.5) is 4.39 Å². The van der Waals surface area contributed by atoms with Gasteiger partial charge in [-0.2, -0.15) is 0 Å². The molecule has 1 amide bonds. The van der Waals surface area contributed by atoms with Crippen molar-refractivity contribution in [3.05, 3.63) is 77.6 Å². The number of methoxy groups -OCH3 is 1. The molecule has 1 atom stereocenters. The number of carbonyl (C=O) groups excluding carboxylic acids is 1. The lowest BCUT2D eigenvalue weighted by Gasteiger charge is -2.14. The van der Waals surface area contributed by atoms with Crippen LogP contribution in [0.25, 0.3) is 10.8 Å². The summed E-state index contributed by atoms with van der Waals surface area (Å²) in [4.78, 5) is 12.4. The number of nitrogens with one attached hydrogen (secondary N) is 1. The number of hydrogen-bond donors (Lipinski definition) is 1. The average Bonchev–Trinajstić information content (AvgIpc) is 2.65. The van der Waals surface area contributed by atoms with E-state index >= 15 is 0 Å². The van der Waals surface area contributed by atoms with Gasteiger partial charge in [0.2, 0.25) is 5.91 Å². The van der Waals surface area contributed by atoms with Gasteiger partial charge in [0.05, 0.1) is 13.0 Å². The summed E-state index contributed by atoms with van der Waals surface area (Å²) in [5.74, 6) is 0.200. The molecule has 0 aliphatic carbocycles. The fraction of sp³-hybridized carbons (Fsp3) is 0.190. The minimum atomic E-state index is -0.281. The lowest BCUT2D eigenvalue weighted by atomic mass is 9.97. The minimum Gasteiger partial charge on any atom is -0.497 e. The van der Waals surface area contributed by atoms with Crippen LogP contribution in [0.2, 0.25) is 0 Å². The van der Waals surface area contributed by atoms with Crippen molar-refractivity contribution in [1.82, 2.24) is 5.32 Å². The highest BCUT2D eigenvalue weighted by Gasteiger charge is 2.15. The first kappa shape index (κ1) is 17.0. The lowest BCUT2D eigenvalue weighted by molar-refractivity contribution is -0.122. The molecule has 0 fully saturated rings. The second kappa shape index (κ2) is 7.34. The topological polar surface area (TPSA) is 38.3 Å². The SMILES string of the molecule is COc1ccc2cc(C(C)C(=O)NCc3ccc(F)cc3)ccc2c1. The summed E-state index contributed by atoms with van der Waals surface area (Å²) in [6.45, 7) is 2.26. The van der Waals surface area contributed by atoms with Crippen LogP contribution < -0.4 is 10.1 Å². The summed E-state index contributed by atoms with van der Waals surface area (Å²) in [6, 6.07) is 18.0. The summed E-state index contributed by atoms with van der Waals surface area (Å²) in [7, 11) is 1.64. The zero-order chi connectivity index (χ0) is 17.8. The Hall–Kier alpha value is -2.88. The Balaban J connectivity index is 1.70. The van der Waals surface area contributed by atoms with E-state index < -0.39 is 0 Å². The highest BCUT2D eigenvalue weighted by Crippen LogP contribution is 2.25. The molecule has 25 heavy (non-hydrogen) atoms. The van der Waals surface area contributed by atoms with Crippen molar-refractivity contribution >= 4 is 16.7 Å². The number of rotatable bonds is 5. The van der Waals surface area contributed by atoms with Crippen LogP contribution in [-0.2, 0) is 11.3 Å². The van der Waals surface area contributed by atoms with Crippen molar-refractivity contribution in [2.24, 2.45) is 0 Å². The number of hydrogen-bond acceptors (Lipinski definition) is 2. The summed E-state index contributed by atoms with van der Waals surface area (Å²) in [5.41, 5.74) is 1.82. The van der Waals surface area contributed by atoms with Crippen LogP contribution in [-0.4, -0.2) is 13.0 Å². The van der Waals surface area contributed by atoms with Gasteiger partial charge in [0.1, 0.15) is 11.6 Å². The Labute approximate surface area is 146 Å². The van der Waals surface area contributed by atoms with E-state index in [-0.39, 0.29) is 17.6 Å². The highest BCUT2D eigenvalue weighted by atomic mass is 19.1. The third kappa shape index (κ3) is 3.97. The van der Waals surface area contributed by atoms with Crippen LogP contribution in [0.1, 0.15) is 24.0 Å². The Kier molecular flexibility index (Phi) is 4.98. The zero-order valence-corrected chi connectivity index (χ0v) is 14.3. The molecule has 1 N–H and O–H groups in total. The third-order valence-corrected chi connectivity index (χ3v) is 4.34. The van der Waals surface area contributed by atoms with E-state index in [0.717, 1.165) is 27.6 Å². The van der Waals surface area contributed by atoms with Crippen LogP contribution in [0, 0.1) is 5.82 Å². The van der Waals surface area contributed by atoms with Gasteiger partial charge in [-0.25, -0.2) is 4.39 Å². The van der Waals surface area contributed by atoms with Crippen molar-refractivity contribution in [3.63, 3.8) is 0 Å². The molecule has 3 rings (SSSR count). The van der Waals surface area contributed by atoms with Crippen molar-refractivity contribution in [2.45, 2.75) is 19.4 Å². The Bertz CT molecular complexity index is 890. The number of carbonyl (C=O) groups is 1. The Morgan fingerprint density at radius 2 is 1.72 bits per heavy atom. The summed E-state index contributed by atoms with van der Waals surface area (Å²) in [5, 5.41) is 5.04. The van der Waals surface area contributed by atoms with Gasteiger partial charge < -0.3 is 10.1 Å². The van der Waals surface area contributed by atoms with Gasteiger partial charge in [-0.3, -0.25) is 4.79 Å². The van der Waals surface area contributed by atoms with E-state index in [4.69, 9.17) is 4.74 Å². The fourth-order valence-corrected chi connectivity index (χ4v) is 2.73. The predicted octanol–water partition coefficient (Wildman–Crippen LogP) is 4.41. The van der Waals surface area contributed by atoms with Crippen LogP contribution >= 0.6 is 0 Å². The highest BCUT2D eigenvalue weighted by molar-refractivity contribution is 5.88. The van der Waals surface area contributed by atoms with E-state index in [1.807, 2.05) is 43.3 Å². The average molecular weight is 337 g/mol. The van der Waals surface area contributed by atoms with Crippen LogP contribution in [0.3, 0.4) is 0 Å². The lowest BCUT2D eigenvalue weighted by Crippen LogP contribution is -2.27. The van der Waals surface area contributed by atoms with Crippen molar-refractivity contribution in [2.75, 3.05) is 7.11 Å². The van der Waals surface area contributed by atoms with Crippen molar-refractivity contribution in [3.8, 4) is 5.75 Å². The molecular formula is C21H20FNO2. The molecule has 0 heterocycles. The van der Waals surface area contributed by atoms with Crippen molar-refractivity contribution < 1.29 is 13.9 Å². The monoisotopic (exact) mass is 337 g/mol.